The van der Waals surface area contributed by atoms with Crippen LogP contribution in [0, 0.1) is 0 Å². The van der Waals surface area contributed by atoms with Crippen molar-refractivity contribution >= 4 is 24.8 Å². The van der Waals surface area contributed by atoms with Gasteiger partial charge in [-0.15, -0.1) is 0 Å². The van der Waals surface area contributed by atoms with Crippen molar-refractivity contribution in [1.29, 1.82) is 0 Å². The molecule has 0 fully saturated rings. The van der Waals surface area contributed by atoms with Crippen molar-refractivity contribution < 1.29 is 9.90 Å². The number of rotatable bonds is 3. The molecule has 1 N–H and O–H groups in total. The van der Waals surface area contributed by atoms with E-state index in [1.54, 1.807) is 18.5 Å². The van der Waals surface area contributed by atoms with Gasteiger partial charge in [0.15, 0.2) is 0 Å². The van der Waals surface area contributed by atoms with Crippen molar-refractivity contribution in [3.63, 3.8) is 0 Å². The molecule has 12 heavy (non-hydrogen) atoms. The van der Waals surface area contributed by atoms with Gasteiger partial charge in [0.25, 0.3) is 0 Å². The Balaban J connectivity index is 0.00000121. The van der Waals surface area contributed by atoms with Crippen molar-refractivity contribution in [3.05, 3.63) is 30.1 Å². The monoisotopic (exact) mass is 159 g/mol. The van der Waals surface area contributed by atoms with E-state index >= 15 is 0 Å². The number of nitrogens with zero attached hydrogens (tertiary/aromatic N) is 1. The van der Waals surface area contributed by atoms with Gasteiger partial charge in [0.05, 0.1) is 0 Å². The second kappa shape index (κ2) is 5.82. The second-order valence-electron chi connectivity index (χ2n) is 2.26. The quantitative estimate of drug-likeness (QED) is 0.651. The predicted molar refractivity (Wildman–Crippen MR) is 47.3 cm³/mol. The number of hydrogen-bond donors (Lipinski definition) is 1. The van der Waals surface area contributed by atoms with Gasteiger partial charge in [0.2, 0.25) is 0 Å². The zero-order chi connectivity index (χ0) is 8.10. The fourth-order valence-corrected chi connectivity index (χ4v) is 0.797. The Kier molecular flexibility index (Phi) is 5.44. The molecule has 0 aliphatic carbocycles. The summed E-state index contributed by atoms with van der Waals surface area (Å²) in [6.07, 6.45) is 4.09. The summed E-state index contributed by atoms with van der Waals surface area (Å²) >= 11 is 0. The van der Waals surface area contributed by atoms with Gasteiger partial charge in [-0.1, -0.05) is 6.07 Å². The van der Waals surface area contributed by atoms with E-state index in [0.717, 1.165) is 5.56 Å². The van der Waals surface area contributed by atoms with Gasteiger partial charge < -0.3 is 5.11 Å². The van der Waals surface area contributed by atoms with Crippen LogP contribution in [0.2, 0.25) is 0 Å². The van der Waals surface area contributed by atoms with E-state index in [1.165, 1.54) is 0 Å². The Bertz CT molecular complexity index is 238. The van der Waals surface area contributed by atoms with Crippen LogP contribution in [-0.4, -0.2) is 34.9 Å². The third kappa shape index (κ3) is 4.17. The molecular weight excluding hydrogens is 149 g/mol. The van der Waals surface area contributed by atoms with E-state index in [-0.39, 0.29) is 25.3 Å². The van der Waals surface area contributed by atoms with Crippen LogP contribution in [0.25, 0.3) is 0 Å². The average molecular weight is 159 g/mol. The van der Waals surface area contributed by atoms with E-state index in [1.807, 2.05) is 6.07 Å². The van der Waals surface area contributed by atoms with Gasteiger partial charge in [0.1, 0.15) is 0 Å². The Morgan fingerprint density at radius 3 is 2.83 bits per heavy atom. The topological polar surface area (TPSA) is 50.2 Å². The molecule has 1 aromatic heterocycles. The van der Waals surface area contributed by atoms with Gasteiger partial charge in [-0.05, 0) is 18.1 Å². The number of aryl methyl sites for hydroxylation is 1. The number of carboxylic acid groups (broad SMARTS) is 1. The van der Waals surface area contributed by atoms with Gasteiger partial charge in [0, 0.05) is 18.8 Å². The summed E-state index contributed by atoms with van der Waals surface area (Å²) in [7, 11) is 0. The predicted octanol–water partition coefficient (Wildman–Crippen LogP) is 0.450. The standard InChI is InChI=1S/C8H9NO2.Li.H/c10-8(11)4-3-7-2-1-5-9-6-7;;/h1-2,5-6H,3-4H2,(H,10,11);;. The maximum absolute atomic E-state index is 10.2. The Morgan fingerprint density at radius 1 is 1.58 bits per heavy atom. The molecule has 60 valence electrons. The van der Waals surface area contributed by atoms with Gasteiger partial charge >= 0.3 is 24.8 Å². The van der Waals surface area contributed by atoms with Crippen LogP contribution >= 0.6 is 0 Å². The molecule has 0 amide bonds. The first kappa shape index (κ1) is 11.2. The molecule has 3 nitrogen and oxygen atoms in total. The Hall–Kier alpha value is -0.783. The molecule has 0 aliphatic heterocycles. The van der Waals surface area contributed by atoms with Gasteiger partial charge in [-0.2, -0.15) is 0 Å². The second-order valence-corrected chi connectivity index (χ2v) is 2.26. The number of aromatic nitrogens is 1. The number of pyridine rings is 1. The van der Waals surface area contributed by atoms with Crippen LogP contribution in [0.1, 0.15) is 12.0 Å². The Morgan fingerprint density at radius 2 is 2.33 bits per heavy atom. The normalized spacial score (nSPS) is 8.67. The van der Waals surface area contributed by atoms with Crippen LogP contribution in [0.15, 0.2) is 24.5 Å². The average Bonchev–Trinajstić information content (AvgIpc) is 2.03. The number of hydrogen-bond acceptors (Lipinski definition) is 2. The van der Waals surface area contributed by atoms with Crippen LogP contribution in [0.5, 0.6) is 0 Å². The molecule has 0 radical (unpaired) electrons. The maximum atomic E-state index is 10.2. The van der Waals surface area contributed by atoms with Gasteiger partial charge in [-0.25, -0.2) is 0 Å². The molecule has 0 bridgehead atoms. The summed E-state index contributed by atoms with van der Waals surface area (Å²) in [6, 6.07) is 3.67. The molecule has 0 saturated carbocycles. The summed E-state index contributed by atoms with van der Waals surface area (Å²) in [4.78, 5) is 14.0. The minimum atomic E-state index is -0.770. The minimum absolute atomic E-state index is 0. The molecule has 1 rings (SSSR count). The van der Waals surface area contributed by atoms with Crippen LogP contribution < -0.4 is 0 Å². The third-order valence-electron chi connectivity index (χ3n) is 1.35. The fraction of sp³-hybridized carbons (Fsp3) is 0.250. The molecule has 1 heterocycles. The molecule has 4 heteroatoms. The van der Waals surface area contributed by atoms with Crippen molar-refractivity contribution in [2.24, 2.45) is 0 Å². The third-order valence-corrected chi connectivity index (χ3v) is 1.35. The molecule has 0 aromatic carbocycles. The van der Waals surface area contributed by atoms with Crippen molar-refractivity contribution in [2.45, 2.75) is 12.8 Å². The van der Waals surface area contributed by atoms with E-state index in [4.69, 9.17) is 5.11 Å². The van der Waals surface area contributed by atoms with E-state index in [0.29, 0.717) is 6.42 Å². The van der Waals surface area contributed by atoms with E-state index < -0.39 is 5.97 Å². The summed E-state index contributed by atoms with van der Waals surface area (Å²) in [5.41, 5.74) is 0.968. The first-order chi connectivity index (χ1) is 5.29. The summed E-state index contributed by atoms with van der Waals surface area (Å²) in [5, 5.41) is 8.35. The van der Waals surface area contributed by atoms with Crippen LogP contribution in [0.4, 0.5) is 0 Å². The molecular formula is C8H10LiNO2. The zero-order valence-electron chi connectivity index (χ0n) is 6.03. The number of carboxylic acids is 1. The Labute approximate surface area is 83.0 Å². The van der Waals surface area contributed by atoms with E-state index in [2.05, 4.69) is 4.98 Å². The summed E-state index contributed by atoms with van der Waals surface area (Å²) < 4.78 is 0. The van der Waals surface area contributed by atoms with Crippen LogP contribution in [0.3, 0.4) is 0 Å². The first-order valence-electron chi connectivity index (χ1n) is 3.40. The van der Waals surface area contributed by atoms with E-state index in [9.17, 15) is 4.79 Å². The SMILES string of the molecule is O=C(O)CCc1cccnc1.[LiH]. The number of aliphatic carboxylic acids is 1. The molecule has 0 atom stereocenters. The molecule has 1 aromatic rings. The van der Waals surface area contributed by atoms with Crippen molar-refractivity contribution in [2.75, 3.05) is 0 Å². The first-order valence-corrected chi connectivity index (χ1v) is 3.40. The summed E-state index contributed by atoms with van der Waals surface area (Å²) in [6.45, 7) is 0. The molecule has 0 spiro atoms. The van der Waals surface area contributed by atoms with Crippen molar-refractivity contribution in [3.8, 4) is 0 Å². The zero-order valence-corrected chi connectivity index (χ0v) is 6.03. The van der Waals surface area contributed by atoms with Gasteiger partial charge in [-0.3, -0.25) is 9.78 Å². The fourth-order valence-electron chi connectivity index (χ4n) is 0.797. The summed E-state index contributed by atoms with van der Waals surface area (Å²) in [5.74, 6) is -0.770. The molecule has 0 aliphatic rings. The van der Waals surface area contributed by atoms with Crippen LogP contribution in [-0.2, 0) is 11.2 Å². The molecule has 0 unspecified atom stereocenters. The molecule has 0 saturated heterocycles. The van der Waals surface area contributed by atoms with Crippen molar-refractivity contribution in [1.82, 2.24) is 4.98 Å². The number of carbonyl (C=O) groups is 1.